The van der Waals surface area contributed by atoms with E-state index in [1.165, 1.54) is 38.5 Å². The average molecular weight is 439 g/mol. The van der Waals surface area contributed by atoms with Gasteiger partial charge in [0.05, 0.1) is 0 Å². The number of fused-ring (bicyclic) bond motifs is 1. The minimum atomic E-state index is -1.59. The predicted molar refractivity (Wildman–Crippen MR) is 139 cm³/mol. The summed E-state index contributed by atoms with van der Waals surface area (Å²) in [5, 5.41) is 0.877. The summed E-state index contributed by atoms with van der Waals surface area (Å²) in [7, 11) is 1.71. The van der Waals surface area contributed by atoms with Gasteiger partial charge < -0.3 is 9.88 Å². The summed E-state index contributed by atoms with van der Waals surface area (Å²) >= 11 is 0. The SMILES string of the molecule is [2H]C([2H])(CN(C)C(=O)CCCCCCC/C=C\C/C=C\CCCCC)c1c[nH]c2ccccc12. The van der Waals surface area contributed by atoms with Crippen LogP contribution in [0.25, 0.3) is 10.9 Å². The first kappa shape index (κ1) is 22.9. The lowest BCUT2D eigenvalue weighted by atomic mass is 10.1. The third-order valence-corrected chi connectivity index (χ3v) is 5.86. The third-order valence-electron chi connectivity index (χ3n) is 5.86. The Morgan fingerprint density at radius 2 is 1.66 bits per heavy atom. The molecule has 0 radical (unpaired) electrons. The van der Waals surface area contributed by atoms with Crippen molar-refractivity contribution < 1.29 is 7.54 Å². The van der Waals surface area contributed by atoms with Gasteiger partial charge in [-0.05, 0) is 56.5 Å². The van der Waals surface area contributed by atoms with Crippen LogP contribution in [0, 0.1) is 0 Å². The Morgan fingerprint density at radius 1 is 0.969 bits per heavy atom. The lowest BCUT2D eigenvalue weighted by Crippen LogP contribution is -2.28. The molecule has 0 aliphatic carbocycles. The number of likely N-dealkylation sites (N-methyl/N-ethyl adjacent to an activating group) is 1. The van der Waals surface area contributed by atoms with E-state index in [9.17, 15) is 4.79 Å². The summed E-state index contributed by atoms with van der Waals surface area (Å²) in [6.45, 7) is 2.30. The van der Waals surface area contributed by atoms with Gasteiger partial charge in [0.15, 0.2) is 0 Å². The number of nitrogens with one attached hydrogen (secondary N) is 1. The highest BCUT2D eigenvalue weighted by atomic mass is 16.2. The molecule has 2 aromatic rings. The number of rotatable bonds is 17. The van der Waals surface area contributed by atoms with E-state index in [1.807, 2.05) is 24.3 Å². The minimum absolute atomic E-state index is 0.0226. The number of allylic oxidation sites excluding steroid dienone is 4. The molecule has 0 spiro atoms. The zero-order chi connectivity index (χ0) is 24.7. The first-order valence-corrected chi connectivity index (χ1v) is 12.6. The van der Waals surface area contributed by atoms with Crippen LogP contribution in [0.3, 0.4) is 0 Å². The Morgan fingerprint density at radius 3 is 2.44 bits per heavy atom. The van der Waals surface area contributed by atoms with Crippen LogP contribution < -0.4 is 0 Å². The molecule has 0 bridgehead atoms. The van der Waals surface area contributed by atoms with Gasteiger partial charge in [0.2, 0.25) is 5.91 Å². The van der Waals surface area contributed by atoms with Crippen LogP contribution in [0.2, 0.25) is 0 Å². The van der Waals surface area contributed by atoms with Crippen LogP contribution in [-0.4, -0.2) is 29.4 Å². The van der Waals surface area contributed by atoms with E-state index in [-0.39, 0.29) is 12.5 Å². The zero-order valence-electron chi connectivity index (χ0n) is 22.2. The quantitative estimate of drug-likeness (QED) is 0.197. The minimum Gasteiger partial charge on any atom is -0.361 e. The smallest absolute Gasteiger partial charge is 0.222 e. The topological polar surface area (TPSA) is 36.1 Å². The van der Waals surface area contributed by atoms with Gasteiger partial charge in [0.25, 0.3) is 0 Å². The van der Waals surface area contributed by atoms with Gasteiger partial charge in [-0.3, -0.25) is 4.79 Å². The molecule has 0 saturated heterocycles. The fourth-order valence-corrected chi connectivity index (χ4v) is 3.79. The first-order valence-electron chi connectivity index (χ1n) is 13.6. The third kappa shape index (κ3) is 10.3. The van der Waals surface area contributed by atoms with Crippen molar-refractivity contribution in [3.8, 4) is 0 Å². The van der Waals surface area contributed by atoms with Gasteiger partial charge in [0.1, 0.15) is 0 Å². The average Bonchev–Trinajstić information content (AvgIpc) is 3.26. The highest BCUT2D eigenvalue weighted by molar-refractivity contribution is 5.83. The fourth-order valence-electron chi connectivity index (χ4n) is 3.79. The number of carbonyl (C=O) groups is 1. The van der Waals surface area contributed by atoms with Gasteiger partial charge in [-0.2, -0.15) is 0 Å². The first-order chi connectivity index (χ1) is 16.5. The second kappa shape index (κ2) is 16.4. The molecule has 0 fully saturated rings. The maximum atomic E-state index is 12.5. The molecule has 3 heteroatoms. The molecule has 1 aromatic heterocycles. The van der Waals surface area contributed by atoms with Gasteiger partial charge in [-0.15, -0.1) is 0 Å². The molecule has 0 unspecified atom stereocenters. The molecule has 1 heterocycles. The number of nitrogens with zero attached hydrogens (tertiary/aromatic N) is 1. The predicted octanol–water partition coefficient (Wildman–Crippen LogP) is 7.98. The second-order valence-corrected chi connectivity index (χ2v) is 8.66. The molecular formula is C29H44N2O. The number of carbonyl (C=O) groups excluding carboxylic acids is 1. The normalized spacial score (nSPS) is 13.2. The number of amides is 1. The van der Waals surface area contributed by atoms with E-state index >= 15 is 0 Å². The molecule has 3 nitrogen and oxygen atoms in total. The van der Waals surface area contributed by atoms with Crippen LogP contribution in [0.15, 0.2) is 54.8 Å². The summed E-state index contributed by atoms with van der Waals surface area (Å²) in [5.74, 6) is 0.0226. The van der Waals surface area contributed by atoms with Crippen LogP contribution in [0.4, 0.5) is 0 Å². The molecule has 1 amide bonds. The van der Waals surface area contributed by atoms with Crippen molar-refractivity contribution in [3.05, 3.63) is 60.3 Å². The van der Waals surface area contributed by atoms with Crippen molar-refractivity contribution in [3.63, 3.8) is 0 Å². The zero-order valence-corrected chi connectivity index (χ0v) is 20.2. The second-order valence-electron chi connectivity index (χ2n) is 8.66. The monoisotopic (exact) mass is 438 g/mol. The van der Waals surface area contributed by atoms with Crippen LogP contribution >= 0.6 is 0 Å². The molecule has 0 aliphatic rings. The molecule has 0 aliphatic heterocycles. The van der Waals surface area contributed by atoms with E-state index in [0.29, 0.717) is 12.0 Å². The van der Waals surface area contributed by atoms with E-state index < -0.39 is 6.37 Å². The standard InChI is InChI=1S/C29H44N2O/c1-3-4-5-6-7-8-9-10-11-12-13-14-15-16-17-22-29(32)31(2)24-23-26-25-30-28-21-19-18-20-27(26)28/h7-8,10-11,18-21,25,30H,3-6,9,12-17,22-24H2,1-2H3/b8-7-,11-10-/i23D2. The Kier molecular flexibility index (Phi) is 11.7. The molecule has 1 aromatic carbocycles. The van der Waals surface area contributed by atoms with E-state index in [0.717, 1.165) is 43.0 Å². The number of aromatic amines is 1. The Balaban J connectivity index is 1.55. The number of unbranched alkanes of at least 4 members (excludes halogenated alkanes) is 8. The highest BCUT2D eigenvalue weighted by Crippen LogP contribution is 2.18. The van der Waals surface area contributed by atoms with Crippen molar-refractivity contribution in [2.45, 2.75) is 90.3 Å². The number of H-pyrrole nitrogens is 1. The number of hydrogen-bond acceptors (Lipinski definition) is 1. The molecule has 1 N–H and O–H groups in total. The fraction of sp³-hybridized carbons (Fsp3) is 0.552. The van der Waals surface area contributed by atoms with E-state index in [2.05, 4.69) is 36.2 Å². The van der Waals surface area contributed by atoms with Gasteiger partial charge in [-0.25, -0.2) is 0 Å². The Labute approximate surface area is 198 Å². The molecule has 176 valence electrons. The number of hydrogen-bond donors (Lipinski definition) is 1. The van der Waals surface area contributed by atoms with Gasteiger partial charge >= 0.3 is 0 Å². The summed E-state index contributed by atoms with van der Waals surface area (Å²) < 4.78 is 17.1. The molecule has 0 saturated carbocycles. The maximum Gasteiger partial charge on any atom is 0.222 e. The van der Waals surface area contributed by atoms with Gasteiger partial charge in [-0.1, -0.05) is 81.5 Å². The molecule has 32 heavy (non-hydrogen) atoms. The van der Waals surface area contributed by atoms with E-state index in [4.69, 9.17) is 2.74 Å². The molecular weight excluding hydrogens is 392 g/mol. The van der Waals surface area contributed by atoms with Crippen LogP contribution in [0.5, 0.6) is 0 Å². The van der Waals surface area contributed by atoms with E-state index in [1.54, 1.807) is 18.1 Å². The molecule has 2 rings (SSSR count). The highest BCUT2D eigenvalue weighted by Gasteiger charge is 2.10. The summed E-state index contributed by atoms with van der Waals surface area (Å²) in [4.78, 5) is 17.2. The van der Waals surface area contributed by atoms with Crippen LogP contribution in [-0.2, 0) is 11.2 Å². The summed E-state index contributed by atoms with van der Waals surface area (Å²) in [6, 6.07) is 7.70. The van der Waals surface area contributed by atoms with Gasteiger partial charge in [0, 0.05) is 39.9 Å². The van der Waals surface area contributed by atoms with Crippen molar-refractivity contribution in [2.75, 3.05) is 13.6 Å². The Hall–Kier alpha value is -2.29. The van der Waals surface area contributed by atoms with Crippen LogP contribution in [0.1, 0.15) is 92.3 Å². The van der Waals surface area contributed by atoms with Crippen molar-refractivity contribution >= 4 is 16.8 Å². The Bertz CT molecular complexity index is 900. The van der Waals surface area contributed by atoms with Crippen molar-refractivity contribution in [2.24, 2.45) is 0 Å². The number of benzene rings is 1. The number of aromatic nitrogens is 1. The lowest BCUT2D eigenvalue weighted by molar-refractivity contribution is -0.130. The van der Waals surface area contributed by atoms with Crippen molar-refractivity contribution in [1.82, 2.24) is 9.88 Å². The maximum absolute atomic E-state index is 12.5. The summed E-state index contributed by atoms with van der Waals surface area (Å²) in [5.41, 5.74) is 1.53. The molecule has 0 atom stereocenters. The lowest BCUT2D eigenvalue weighted by Gasteiger charge is -2.17. The number of para-hydroxylation sites is 1. The summed E-state index contributed by atoms with van der Waals surface area (Å²) in [6.07, 6.45) is 22.5. The van der Waals surface area contributed by atoms with Crippen molar-refractivity contribution in [1.29, 1.82) is 0 Å². The largest absolute Gasteiger partial charge is 0.361 e.